The Morgan fingerprint density at radius 1 is 1.38 bits per heavy atom. The van der Waals surface area contributed by atoms with Crippen LogP contribution in [0.5, 0.6) is 0 Å². The molecule has 130 valence electrons. The van der Waals surface area contributed by atoms with Crippen molar-refractivity contribution in [2.45, 2.75) is 38.1 Å². The van der Waals surface area contributed by atoms with E-state index in [0.29, 0.717) is 12.2 Å². The van der Waals surface area contributed by atoms with Crippen molar-refractivity contribution >= 4 is 33.1 Å². The van der Waals surface area contributed by atoms with E-state index in [9.17, 15) is 13.2 Å². The number of hydrogen-bond acceptors (Lipinski definition) is 5. The average molecular weight is 368 g/mol. The Morgan fingerprint density at radius 3 is 2.79 bits per heavy atom. The second-order valence-electron chi connectivity index (χ2n) is 5.31. The number of primary sulfonamides is 1. The van der Waals surface area contributed by atoms with Crippen molar-refractivity contribution in [1.29, 1.82) is 0 Å². The first-order valence-corrected chi connectivity index (χ1v) is 9.83. The number of hydrogen-bond donors (Lipinski definition) is 3. The molecule has 9 heteroatoms. The number of sulfonamides is 1. The Bertz CT molecular complexity index is 831. The molecule has 0 bridgehead atoms. The summed E-state index contributed by atoms with van der Waals surface area (Å²) in [6.07, 6.45) is 1.96. The summed E-state index contributed by atoms with van der Waals surface area (Å²) in [6, 6.07) is 3.90. The number of thiazole rings is 1. The normalized spacial score (nSPS) is 11.3. The Morgan fingerprint density at radius 2 is 2.12 bits per heavy atom. The van der Waals surface area contributed by atoms with Gasteiger partial charge >= 0.3 is 6.03 Å². The summed E-state index contributed by atoms with van der Waals surface area (Å²) < 4.78 is 22.8. The van der Waals surface area contributed by atoms with Gasteiger partial charge in [-0.25, -0.2) is 23.3 Å². The number of anilines is 1. The van der Waals surface area contributed by atoms with Crippen molar-refractivity contribution in [1.82, 2.24) is 10.3 Å². The lowest BCUT2D eigenvalue weighted by Crippen LogP contribution is -2.28. The molecule has 0 aliphatic heterocycles. The fraction of sp³-hybridized carbons (Fsp3) is 0.333. The maximum atomic E-state index is 12.0. The van der Waals surface area contributed by atoms with E-state index in [1.54, 1.807) is 24.3 Å². The van der Waals surface area contributed by atoms with Gasteiger partial charge in [0, 0.05) is 11.1 Å². The first kappa shape index (κ1) is 18.4. The summed E-state index contributed by atoms with van der Waals surface area (Å²) in [7, 11) is -3.82. The number of benzene rings is 1. The Labute approximate surface area is 145 Å². The van der Waals surface area contributed by atoms with Gasteiger partial charge in [-0.05, 0) is 37.5 Å². The first-order valence-electron chi connectivity index (χ1n) is 7.41. The summed E-state index contributed by atoms with van der Waals surface area (Å²) in [5, 5.41) is 13.4. The van der Waals surface area contributed by atoms with Crippen molar-refractivity contribution in [3.8, 4) is 0 Å². The van der Waals surface area contributed by atoms with Crippen LogP contribution in [0.1, 0.15) is 29.6 Å². The van der Waals surface area contributed by atoms with Crippen molar-refractivity contribution in [2.24, 2.45) is 5.14 Å². The van der Waals surface area contributed by atoms with Crippen molar-refractivity contribution in [3.05, 3.63) is 39.8 Å². The molecule has 24 heavy (non-hydrogen) atoms. The van der Waals surface area contributed by atoms with Gasteiger partial charge in [-0.3, -0.25) is 0 Å². The number of nitrogens with two attached hydrogens (primary N) is 1. The molecule has 0 unspecified atom stereocenters. The molecular formula is C15H20N4O3S2. The molecular weight excluding hydrogens is 348 g/mol. The number of nitrogens with zero attached hydrogens (tertiary/aromatic N) is 1. The molecule has 0 aliphatic rings. The van der Waals surface area contributed by atoms with E-state index in [2.05, 4.69) is 22.5 Å². The Balaban J connectivity index is 1.99. The highest BCUT2D eigenvalue weighted by molar-refractivity contribution is 7.89. The van der Waals surface area contributed by atoms with Crippen LogP contribution < -0.4 is 15.8 Å². The average Bonchev–Trinajstić information content (AvgIpc) is 2.94. The van der Waals surface area contributed by atoms with Gasteiger partial charge in [0.2, 0.25) is 10.0 Å². The molecule has 4 N–H and O–H groups in total. The number of rotatable bonds is 6. The van der Waals surface area contributed by atoms with Crippen molar-refractivity contribution in [2.75, 3.05) is 5.32 Å². The van der Waals surface area contributed by atoms with Gasteiger partial charge in [0.05, 0.1) is 22.1 Å². The number of amides is 2. The molecule has 2 aromatic rings. The molecule has 0 saturated carbocycles. The fourth-order valence-electron chi connectivity index (χ4n) is 2.01. The van der Waals surface area contributed by atoms with Crippen LogP contribution in [0.25, 0.3) is 0 Å². The lowest BCUT2D eigenvalue weighted by molar-refractivity contribution is 0.251. The van der Waals surface area contributed by atoms with Crippen LogP contribution in [0.3, 0.4) is 0 Å². The quantitative estimate of drug-likeness (QED) is 0.726. The zero-order valence-electron chi connectivity index (χ0n) is 13.5. The molecule has 0 atom stereocenters. The predicted molar refractivity (Wildman–Crippen MR) is 94.5 cm³/mol. The molecule has 1 aromatic carbocycles. The summed E-state index contributed by atoms with van der Waals surface area (Å²) in [4.78, 5) is 16.4. The zero-order chi connectivity index (χ0) is 17.7. The summed E-state index contributed by atoms with van der Waals surface area (Å²) in [6.45, 7) is 4.16. The van der Waals surface area contributed by atoms with Crippen LogP contribution in [0.15, 0.2) is 28.5 Å². The number of carbonyl (C=O) groups is 1. The van der Waals surface area contributed by atoms with E-state index in [4.69, 9.17) is 5.14 Å². The van der Waals surface area contributed by atoms with Crippen LogP contribution in [0.2, 0.25) is 0 Å². The third-order valence-corrected chi connectivity index (χ3v) is 5.15. The van der Waals surface area contributed by atoms with E-state index in [1.807, 2.05) is 5.38 Å². The lowest BCUT2D eigenvalue weighted by Gasteiger charge is -2.10. The standard InChI is InChI=1S/C15H20N4O3S2/c1-3-4-14-18-11(9-23-14)8-17-15(20)19-13-7-12(24(16,21)22)6-5-10(13)2/h5-7,9H,3-4,8H2,1-2H3,(H2,16,21,22)(H2,17,19,20). The molecule has 1 aromatic heterocycles. The lowest BCUT2D eigenvalue weighted by atomic mass is 10.2. The number of urea groups is 1. The highest BCUT2D eigenvalue weighted by Crippen LogP contribution is 2.19. The minimum absolute atomic E-state index is 0.0490. The third-order valence-electron chi connectivity index (χ3n) is 3.28. The molecule has 1 heterocycles. The zero-order valence-corrected chi connectivity index (χ0v) is 15.1. The number of carbonyl (C=O) groups excluding carboxylic acids is 1. The Hall–Kier alpha value is -1.97. The topological polar surface area (TPSA) is 114 Å². The van der Waals surface area contributed by atoms with Gasteiger partial charge in [-0.15, -0.1) is 11.3 Å². The van der Waals surface area contributed by atoms with E-state index in [1.165, 1.54) is 12.1 Å². The van der Waals surface area contributed by atoms with Crippen LogP contribution in [-0.2, 0) is 23.0 Å². The molecule has 7 nitrogen and oxygen atoms in total. The number of aryl methyl sites for hydroxylation is 2. The molecule has 2 amide bonds. The molecule has 2 rings (SSSR count). The first-order chi connectivity index (χ1) is 11.3. The molecule has 0 saturated heterocycles. The second-order valence-corrected chi connectivity index (χ2v) is 7.82. The Kier molecular flexibility index (Phi) is 5.92. The van der Waals surface area contributed by atoms with Crippen LogP contribution in [-0.4, -0.2) is 19.4 Å². The summed E-state index contributed by atoms with van der Waals surface area (Å²) in [5.74, 6) is 0. The van der Waals surface area contributed by atoms with Gasteiger partial charge in [0.15, 0.2) is 0 Å². The van der Waals surface area contributed by atoms with Crippen LogP contribution in [0, 0.1) is 6.92 Å². The van der Waals surface area contributed by atoms with Gasteiger partial charge in [-0.1, -0.05) is 13.0 Å². The van der Waals surface area contributed by atoms with Gasteiger partial charge in [0.25, 0.3) is 0 Å². The number of nitrogens with one attached hydrogen (secondary N) is 2. The molecule has 0 spiro atoms. The predicted octanol–water partition coefficient (Wildman–Crippen LogP) is 2.37. The highest BCUT2D eigenvalue weighted by Gasteiger charge is 2.12. The van der Waals surface area contributed by atoms with E-state index in [-0.39, 0.29) is 4.90 Å². The molecule has 0 radical (unpaired) electrons. The smallest absolute Gasteiger partial charge is 0.319 e. The van der Waals surface area contributed by atoms with E-state index >= 15 is 0 Å². The van der Waals surface area contributed by atoms with Gasteiger partial charge < -0.3 is 10.6 Å². The second kappa shape index (κ2) is 7.73. The van der Waals surface area contributed by atoms with Gasteiger partial charge in [0.1, 0.15) is 0 Å². The van der Waals surface area contributed by atoms with Crippen molar-refractivity contribution in [3.63, 3.8) is 0 Å². The largest absolute Gasteiger partial charge is 0.332 e. The fourth-order valence-corrected chi connectivity index (χ4v) is 3.45. The highest BCUT2D eigenvalue weighted by atomic mass is 32.2. The van der Waals surface area contributed by atoms with Crippen molar-refractivity contribution < 1.29 is 13.2 Å². The monoisotopic (exact) mass is 368 g/mol. The maximum Gasteiger partial charge on any atom is 0.319 e. The molecule has 0 aliphatic carbocycles. The van der Waals surface area contributed by atoms with Crippen LogP contribution >= 0.6 is 11.3 Å². The summed E-state index contributed by atoms with van der Waals surface area (Å²) in [5.41, 5.74) is 1.93. The van der Waals surface area contributed by atoms with E-state index < -0.39 is 16.1 Å². The minimum Gasteiger partial charge on any atom is -0.332 e. The van der Waals surface area contributed by atoms with Gasteiger partial charge in [-0.2, -0.15) is 0 Å². The van der Waals surface area contributed by atoms with Crippen LogP contribution in [0.4, 0.5) is 10.5 Å². The minimum atomic E-state index is -3.82. The molecule has 0 fully saturated rings. The third kappa shape index (κ3) is 5.02. The number of aromatic nitrogens is 1. The SMILES string of the molecule is CCCc1nc(CNC(=O)Nc2cc(S(N)(=O)=O)ccc2C)cs1. The summed E-state index contributed by atoms with van der Waals surface area (Å²) >= 11 is 1.57. The maximum absolute atomic E-state index is 12.0. The van der Waals surface area contributed by atoms with E-state index in [0.717, 1.165) is 29.1 Å².